The topological polar surface area (TPSA) is 95.6 Å². The van der Waals surface area contributed by atoms with Crippen LogP contribution in [0.1, 0.15) is 63.6 Å². The molecule has 9 heteroatoms. The van der Waals surface area contributed by atoms with Gasteiger partial charge in [0.1, 0.15) is 0 Å². The van der Waals surface area contributed by atoms with E-state index in [0.717, 1.165) is 25.7 Å². The summed E-state index contributed by atoms with van der Waals surface area (Å²) >= 11 is 1.47. The molecule has 0 saturated carbocycles. The molecule has 1 aliphatic carbocycles. The Balaban J connectivity index is 1.67. The molecule has 7 nitrogen and oxygen atoms in total. The first-order chi connectivity index (χ1) is 14.2. The Morgan fingerprint density at radius 1 is 1.03 bits per heavy atom. The minimum absolute atomic E-state index is 0.0275. The minimum Gasteiger partial charge on any atom is -0.267 e. The van der Waals surface area contributed by atoms with Crippen LogP contribution in [0.3, 0.4) is 0 Å². The third-order valence-corrected chi connectivity index (χ3v) is 8.53. The van der Waals surface area contributed by atoms with Gasteiger partial charge in [0.25, 0.3) is 11.8 Å². The van der Waals surface area contributed by atoms with Gasteiger partial charge in [-0.2, -0.15) is 4.31 Å². The molecule has 0 saturated heterocycles. The molecule has 1 aromatic heterocycles. The number of fused-ring (bicyclic) bond motifs is 1. The number of sulfonamides is 1. The smallest absolute Gasteiger partial charge is 0.267 e. The highest BCUT2D eigenvalue weighted by Crippen LogP contribution is 2.28. The summed E-state index contributed by atoms with van der Waals surface area (Å²) in [6.07, 6.45) is 5.45. The van der Waals surface area contributed by atoms with Gasteiger partial charge in [-0.05, 0) is 69.4 Å². The average molecular weight is 450 g/mol. The maximum absolute atomic E-state index is 12.6. The number of hydrogen-bond donors (Lipinski definition) is 2. The van der Waals surface area contributed by atoms with Gasteiger partial charge < -0.3 is 0 Å². The van der Waals surface area contributed by atoms with Crippen LogP contribution in [-0.4, -0.2) is 37.6 Å². The minimum atomic E-state index is -3.71. The molecule has 2 amide bonds. The number of benzene rings is 1. The molecule has 1 heterocycles. The van der Waals surface area contributed by atoms with Gasteiger partial charge in [0.2, 0.25) is 10.0 Å². The zero-order valence-corrected chi connectivity index (χ0v) is 19.0. The summed E-state index contributed by atoms with van der Waals surface area (Å²) in [5.41, 5.74) is 6.19. The average Bonchev–Trinajstić information content (AvgIpc) is 3.01. The molecule has 1 aliphatic rings. The van der Waals surface area contributed by atoms with E-state index in [0.29, 0.717) is 4.88 Å². The van der Waals surface area contributed by atoms with Crippen molar-refractivity contribution in [3.05, 3.63) is 51.2 Å². The van der Waals surface area contributed by atoms with E-state index in [9.17, 15) is 18.0 Å². The monoisotopic (exact) mass is 449 g/mol. The molecule has 30 heavy (non-hydrogen) atoms. The van der Waals surface area contributed by atoms with Crippen LogP contribution in [0.4, 0.5) is 0 Å². The van der Waals surface area contributed by atoms with E-state index >= 15 is 0 Å². The van der Waals surface area contributed by atoms with Gasteiger partial charge in [-0.25, -0.2) is 8.42 Å². The number of hydrazine groups is 1. The number of aryl methyl sites for hydroxylation is 2. The summed E-state index contributed by atoms with van der Waals surface area (Å²) in [7, 11) is -2.21. The van der Waals surface area contributed by atoms with Gasteiger partial charge in [-0.1, -0.05) is 12.5 Å². The molecule has 0 bridgehead atoms. The molecule has 0 aliphatic heterocycles. The van der Waals surface area contributed by atoms with Crippen LogP contribution >= 0.6 is 11.3 Å². The van der Waals surface area contributed by atoms with Gasteiger partial charge in [0, 0.05) is 23.5 Å². The molecular weight excluding hydrogens is 422 g/mol. The molecule has 0 spiro atoms. The summed E-state index contributed by atoms with van der Waals surface area (Å²) in [5.74, 6) is -0.949. The van der Waals surface area contributed by atoms with Crippen molar-refractivity contribution in [2.75, 3.05) is 7.05 Å². The van der Waals surface area contributed by atoms with Crippen molar-refractivity contribution in [2.24, 2.45) is 0 Å². The van der Waals surface area contributed by atoms with Crippen LogP contribution in [-0.2, 0) is 22.9 Å². The predicted molar refractivity (Wildman–Crippen MR) is 117 cm³/mol. The Labute approximate surface area is 181 Å². The lowest BCUT2D eigenvalue weighted by atomic mass is 10.1. The summed E-state index contributed by atoms with van der Waals surface area (Å²) in [6.45, 7) is 3.54. The van der Waals surface area contributed by atoms with Crippen molar-refractivity contribution >= 4 is 33.2 Å². The molecule has 0 radical (unpaired) electrons. The number of hydrogen-bond acceptors (Lipinski definition) is 5. The van der Waals surface area contributed by atoms with Gasteiger partial charge in [-0.15, -0.1) is 11.3 Å². The molecule has 2 N–H and O–H groups in total. The lowest BCUT2D eigenvalue weighted by molar-refractivity contribution is 0.0848. The molecule has 1 aromatic carbocycles. The molecule has 0 fully saturated rings. The first-order valence-electron chi connectivity index (χ1n) is 10.0. The lowest BCUT2D eigenvalue weighted by Crippen LogP contribution is -2.41. The fourth-order valence-corrected chi connectivity index (χ4v) is 5.83. The van der Waals surface area contributed by atoms with Crippen LogP contribution in [0, 0.1) is 0 Å². The van der Waals surface area contributed by atoms with Crippen molar-refractivity contribution in [3.63, 3.8) is 0 Å². The van der Waals surface area contributed by atoms with Crippen molar-refractivity contribution in [1.29, 1.82) is 0 Å². The number of amides is 2. The van der Waals surface area contributed by atoms with Gasteiger partial charge in [-0.3, -0.25) is 20.4 Å². The van der Waals surface area contributed by atoms with Crippen LogP contribution in [0.5, 0.6) is 0 Å². The van der Waals surface area contributed by atoms with E-state index < -0.39 is 15.9 Å². The molecular formula is C21H27N3O4S2. The fourth-order valence-electron chi connectivity index (χ4n) is 3.27. The maximum Gasteiger partial charge on any atom is 0.279 e. The highest BCUT2D eigenvalue weighted by molar-refractivity contribution is 7.89. The second kappa shape index (κ2) is 9.28. The Morgan fingerprint density at radius 3 is 2.47 bits per heavy atom. The number of rotatable bonds is 5. The number of carbonyl (C=O) groups excluding carboxylic acids is 2. The number of thiophene rings is 1. The summed E-state index contributed by atoms with van der Waals surface area (Å²) in [6, 6.07) is 7.46. The van der Waals surface area contributed by atoms with Crippen LogP contribution in [0.15, 0.2) is 35.2 Å². The third-order valence-electron chi connectivity index (χ3n) is 5.26. The first kappa shape index (κ1) is 22.5. The highest BCUT2D eigenvalue weighted by Gasteiger charge is 2.24. The van der Waals surface area contributed by atoms with Crippen molar-refractivity contribution in [1.82, 2.24) is 15.2 Å². The van der Waals surface area contributed by atoms with Crippen molar-refractivity contribution in [2.45, 2.75) is 56.9 Å². The van der Waals surface area contributed by atoms with E-state index in [4.69, 9.17) is 0 Å². The Bertz CT molecular complexity index is 1020. The summed E-state index contributed by atoms with van der Waals surface area (Å²) in [4.78, 5) is 26.8. The molecule has 162 valence electrons. The van der Waals surface area contributed by atoms with Gasteiger partial charge >= 0.3 is 0 Å². The normalized spacial score (nSPS) is 14.3. The zero-order valence-electron chi connectivity index (χ0n) is 17.4. The standard InChI is InChI=1S/C21H27N3O4S2/c1-14(2)24(3)30(27,28)17-10-7-9-16(12-17)20(25)22-23-21(26)19-13-15-8-5-4-6-11-18(15)29-19/h7,9-10,12-14H,4-6,8,11H2,1-3H3,(H,22,25)(H,23,26). The van der Waals surface area contributed by atoms with Crippen molar-refractivity contribution in [3.8, 4) is 0 Å². The second-order valence-electron chi connectivity index (χ2n) is 7.67. The number of carbonyl (C=O) groups is 2. The molecule has 2 aromatic rings. The largest absolute Gasteiger partial charge is 0.279 e. The van der Waals surface area contributed by atoms with Gasteiger partial charge in [0.05, 0.1) is 9.77 Å². The second-order valence-corrected chi connectivity index (χ2v) is 10.8. The third kappa shape index (κ3) is 4.91. The summed E-state index contributed by atoms with van der Waals surface area (Å²) in [5, 5.41) is 0. The summed E-state index contributed by atoms with van der Waals surface area (Å²) < 4.78 is 26.5. The zero-order chi connectivity index (χ0) is 21.9. The van der Waals surface area contributed by atoms with E-state index in [-0.39, 0.29) is 22.4 Å². The number of nitrogens with one attached hydrogen (secondary N) is 2. The van der Waals surface area contributed by atoms with Crippen LogP contribution in [0.25, 0.3) is 0 Å². The SMILES string of the molecule is CC(C)N(C)S(=O)(=O)c1cccc(C(=O)NNC(=O)c2cc3c(s2)CCCCC3)c1. The van der Waals surface area contributed by atoms with Crippen LogP contribution < -0.4 is 10.9 Å². The Morgan fingerprint density at radius 2 is 1.73 bits per heavy atom. The molecule has 0 atom stereocenters. The quantitative estimate of drug-likeness (QED) is 0.542. The lowest BCUT2D eigenvalue weighted by Gasteiger charge is -2.21. The predicted octanol–water partition coefficient (Wildman–Crippen LogP) is 3.12. The van der Waals surface area contributed by atoms with Crippen molar-refractivity contribution < 1.29 is 18.0 Å². The number of nitrogens with zero attached hydrogens (tertiary/aromatic N) is 1. The van der Waals surface area contributed by atoms with E-state index in [1.54, 1.807) is 13.8 Å². The fraction of sp³-hybridized carbons (Fsp3) is 0.429. The van der Waals surface area contributed by atoms with Gasteiger partial charge in [0.15, 0.2) is 0 Å². The Kier molecular flexibility index (Phi) is 6.95. The molecule has 3 rings (SSSR count). The molecule has 0 unspecified atom stereocenters. The van der Waals surface area contributed by atoms with Crippen LogP contribution in [0.2, 0.25) is 0 Å². The Hall–Kier alpha value is -2.23. The maximum atomic E-state index is 12.6. The first-order valence-corrected chi connectivity index (χ1v) is 12.3. The van der Waals surface area contributed by atoms with E-state index in [1.807, 2.05) is 6.07 Å². The highest BCUT2D eigenvalue weighted by atomic mass is 32.2. The van der Waals surface area contributed by atoms with E-state index in [1.165, 1.54) is 63.8 Å². The van der Waals surface area contributed by atoms with E-state index in [2.05, 4.69) is 10.9 Å².